The highest BCUT2D eigenvalue weighted by atomic mass is 19.1. The lowest BCUT2D eigenvalue weighted by molar-refractivity contribution is -0.137. The number of nitrogens with zero attached hydrogens (tertiary/aromatic N) is 4. The summed E-state index contributed by atoms with van der Waals surface area (Å²) in [7, 11) is 0. The Hall–Kier alpha value is -2.37. The maximum absolute atomic E-state index is 14.5. The minimum atomic E-state index is -1.61. The molecule has 5 rings (SSSR count). The third-order valence-corrected chi connectivity index (χ3v) is 6.18. The number of rotatable bonds is 3. The Morgan fingerprint density at radius 1 is 1.26 bits per heavy atom. The smallest absolute Gasteiger partial charge is 0.260 e. The Balaban J connectivity index is 1.61. The minimum Gasteiger partial charge on any atom is -0.355 e. The van der Waals surface area contributed by atoms with E-state index in [-0.39, 0.29) is 11.4 Å². The molecule has 0 bridgehead atoms. The zero-order valence-electron chi connectivity index (χ0n) is 15.9. The van der Waals surface area contributed by atoms with Gasteiger partial charge in [0.05, 0.1) is 11.4 Å². The summed E-state index contributed by atoms with van der Waals surface area (Å²) in [4.78, 5) is 21.5. The first-order valence-electron chi connectivity index (χ1n) is 9.84. The molecule has 1 spiro atoms. The lowest BCUT2D eigenvalue weighted by Crippen LogP contribution is -2.54. The van der Waals surface area contributed by atoms with Crippen LogP contribution in [0.4, 0.5) is 10.1 Å². The summed E-state index contributed by atoms with van der Waals surface area (Å²) in [5.41, 5.74) is 0.300. The van der Waals surface area contributed by atoms with E-state index in [9.17, 15) is 9.18 Å². The molecule has 1 amide bonds. The second-order valence-corrected chi connectivity index (χ2v) is 8.59. The van der Waals surface area contributed by atoms with Crippen LogP contribution in [0.15, 0.2) is 36.7 Å². The molecule has 0 radical (unpaired) electrons. The minimum absolute atomic E-state index is 0.320. The summed E-state index contributed by atoms with van der Waals surface area (Å²) in [6.07, 6.45) is 5.40. The standard InChI is InChI=1S/C21H25FN4O/c1-15(2)13-26-16-5-3-10-23-18(16)25-11-4-6-17(25)21(26)9-12-24(14-21)19(27)20(22)7-8-20/h3-6,10-11,15H,7-9,12-14H2,1-2H3/t21-/m0/s1. The van der Waals surface area contributed by atoms with E-state index in [1.165, 1.54) is 0 Å². The molecule has 1 aliphatic carbocycles. The van der Waals surface area contributed by atoms with Crippen LogP contribution in [0.2, 0.25) is 0 Å². The molecule has 4 heterocycles. The fraction of sp³-hybridized carbons (Fsp3) is 0.524. The molecule has 1 atom stereocenters. The molecule has 3 aliphatic rings. The molecule has 5 nitrogen and oxygen atoms in total. The van der Waals surface area contributed by atoms with E-state index < -0.39 is 5.67 Å². The second-order valence-electron chi connectivity index (χ2n) is 8.59. The van der Waals surface area contributed by atoms with Gasteiger partial charge < -0.3 is 14.4 Å². The van der Waals surface area contributed by atoms with Crippen LogP contribution in [-0.2, 0) is 10.3 Å². The molecule has 0 unspecified atom stereocenters. The van der Waals surface area contributed by atoms with Crippen LogP contribution in [0.3, 0.4) is 0 Å². The Kier molecular flexibility index (Phi) is 3.46. The van der Waals surface area contributed by atoms with Crippen molar-refractivity contribution in [1.82, 2.24) is 14.5 Å². The van der Waals surface area contributed by atoms with Crippen molar-refractivity contribution in [3.05, 3.63) is 42.4 Å². The summed E-state index contributed by atoms with van der Waals surface area (Å²) in [5, 5.41) is 0. The van der Waals surface area contributed by atoms with E-state index in [4.69, 9.17) is 0 Å². The van der Waals surface area contributed by atoms with Crippen molar-refractivity contribution in [3.63, 3.8) is 0 Å². The Morgan fingerprint density at radius 3 is 2.81 bits per heavy atom. The fourth-order valence-corrected chi connectivity index (χ4v) is 4.74. The van der Waals surface area contributed by atoms with Crippen LogP contribution in [0.1, 0.15) is 38.8 Å². The lowest BCUT2D eigenvalue weighted by atomic mass is 9.88. The molecule has 142 valence electrons. The monoisotopic (exact) mass is 368 g/mol. The molecule has 2 aromatic rings. The number of carbonyl (C=O) groups is 1. The van der Waals surface area contributed by atoms with E-state index >= 15 is 0 Å². The number of fused-ring (bicyclic) bond motifs is 4. The van der Waals surface area contributed by atoms with Crippen molar-refractivity contribution in [2.75, 3.05) is 24.5 Å². The van der Waals surface area contributed by atoms with Gasteiger partial charge in [-0.15, -0.1) is 0 Å². The van der Waals surface area contributed by atoms with Crippen LogP contribution in [0.5, 0.6) is 0 Å². The quantitative estimate of drug-likeness (QED) is 0.835. The van der Waals surface area contributed by atoms with Crippen LogP contribution in [0, 0.1) is 5.92 Å². The van der Waals surface area contributed by atoms with Crippen molar-refractivity contribution < 1.29 is 9.18 Å². The predicted molar refractivity (Wildman–Crippen MR) is 102 cm³/mol. The molecule has 1 saturated carbocycles. The maximum atomic E-state index is 14.5. The molecule has 2 aromatic heterocycles. The molecular formula is C21H25FN4O. The Labute approximate surface area is 158 Å². The van der Waals surface area contributed by atoms with Crippen LogP contribution in [-0.4, -0.2) is 45.7 Å². The van der Waals surface area contributed by atoms with Gasteiger partial charge in [0.15, 0.2) is 11.5 Å². The summed E-state index contributed by atoms with van der Waals surface area (Å²) in [6, 6.07) is 8.24. The largest absolute Gasteiger partial charge is 0.355 e. The highest BCUT2D eigenvalue weighted by Crippen LogP contribution is 2.49. The number of aromatic nitrogens is 2. The lowest BCUT2D eigenvalue weighted by Gasteiger charge is -2.47. The normalized spacial score (nSPS) is 25.0. The summed E-state index contributed by atoms with van der Waals surface area (Å²) >= 11 is 0. The number of pyridine rings is 1. The van der Waals surface area contributed by atoms with E-state index in [1.54, 1.807) is 4.90 Å². The van der Waals surface area contributed by atoms with Gasteiger partial charge in [-0.05, 0) is 49.4 Å². The van der Waals surface area contributed by atoms with Crippen molar-refractivity contribution in [2.45, 2.75) is 44.3 Å². The van der Waals surface area contributed by atoms with Gasteiger partial charge in [0.2, 0.25) is 0 Å². The van der Waals surface area contributed by atoms with Gasteiger partial charge in [-0.25, -0.2) is 9.37 Å². The summed E-state index contributed by atoms with van der Waals surface area (Å²) in [5.74, 6) is 1.06. The second kappa shape index (κ2) is 5.57. The van der Waals surface area contributed by atoms with Crippen molar-refractivity contribution in [1.29, 1.82) is 0 Å². The number of hydrogen-bond donors (Lipinski definition) is 0. The first kappa shape index (κ1) is 16.8. The zero-order valence-corrected chi connectivity index (χ0v) is 15.9. The first-order valence-corrected chi connectivity index (χ1v) is 9.84. The van der Waals surface area contributed by atoms with Gasteiger partial charge in [-0.3, -0.25) is 4.79 Å². The average molecular weight is 368 g/mol. The predicted octanol–water partition coefficient (Wildman–Crippen LogP) is 3.28. The zero-order chi connectivity index (χ0) is 18.8. The number of carbonyl (C=O) groups excluding carboxylic acids is 1. The van der Waals surface area contributed by atoms with Crippen LogP contribution in [0.25, 0.3) is 5.82 Å². The molecule has 0 N–H and O–H groups in total. The van der Waals surface area contributed by atoms with Gasteiger partial charge in [-0.1, -0.05) is 13.8 Å². The van der Waals surface area contributed by atoms with E-state index in [2.05, 4.69) is 40.4 Å². The van der Waals surface area contributed by atoms with Crippen LogP contribution < -0.4 is 4.90 Å². The Bertz CT molecular complexity index is 903. The van der Waals surface area contributed by atoms with Gasteiger partial charge in [0.1, 0.15) is 5.54 Å². The number of halogens is 1. The van der Waals surface area contributed by atoms with Crippen molar-refractivity contribution in [2.24, 2.45) is 5.92 Å². The highest BCUT2D eigenvalue weighted by molar-refractivity contribution is 5.88. The third-order valence-electron chi connectivity index (χ3n) is 6.18. The fourth-order valence-electron chi connectivity index (χ4n) is 4.74. The van der Waals surface area contributed by atoms with E-state index in [0.717, 1.165) is 30.2 Å². The van der Waals surface area contributed by atoms with E-state index in [0.29, 0.717) is 31.8 Å². The van der Waals surface area contributed by atoms with Gasteiger partial charge in [0, 0.05) is 32.0 Å². The number of anilines is 1. The molecule has 2 fully saturated rings. The Morgan fingerprint density at radius 2 is 2.07 bits per heavy atom. The van der Waals surface area contributed by atoms with Gasteiger partial charge >= 0.3 is 0 Å². The van der Waals surface area contributed by atoms with Gasteiger partial charge in [0.25, 0.3) is 5.91 Å². The SMILES string of the molecule is CC(C)CN1c2cccnc2-n2cccc2[C@@]12CCN(C(=O)C1(F)CC1)C2. The third kappa shape index (κ3) is 2.35. The number of hydrogen-bond acceptors (Lipinski definition) is 3. The van der Waals surface area contributed by atoms with Crippen molar-refractivity contribution in [3.8, 4) is 5.82 Å². The molecule has 6 heteroatoms. The molecule has 2 aliphatic heterocycles. The highest BCUT2D eigenvalue weighted by Gasteiger charge is 2.57. The first-order chi connectivity index (χ1) is 12.9. The van der Waals surface area contributed by atoms with Gasteiger partial charge in [-0.2, -0.15) is 0 Å². The molecular weight excluding hydrogens is 343 g/mol. The van der Waals surface area contributed by atoms with Crippen molar-refractivity contribution >= 4 is 11.6 Å². The van der Waals surface area contributed by atoms with E-state index in [1.807, 2.05) is 24.5 Å². The van der Waals surface area contributed by atoms with Crippen LogP contribution >= 0.6 is 0 Å². The molecule has 1 saturated heterocycles. The topological polar surface area (TPSA) is 41.4 Å². The number of likely N-dealkylation sites (tertiary alicyclic amines) is 1. The maximum Gasteiger partial charge on any atom is 0.260 e. The average Bonchev–Trinajstić information content (AvgIpc) is 3.08. The summed E-state index contributed by atoms with van der Waals surface area (Å²) in [6.45, 7) is 6.40. The molecule has 0 aromatic carbocycles. The number of amides is 1. The molecule has 27 heavy (non-hydrogen) atoms. The number of alkyl halides is 1. The summed E-state index contributed by atoms with van der Waals surface area (Å²) < 4.78 is 16.6.